The molecule has 0 saturated heterocycles. The SMILES string of the molecule is CCCCOCCCNC(=O)C(=O)N(c1ccccc1)c1ccc(N)cc1. The number of amides is 2. The second-order valence-corrected chi connectivity index (χ2v) is 6.14. The average Bonchev–Trinajstić information content (AvgIpc) is 2.69. The molecular formula is C21H27N3O3. The largest absolute Gasteiger partial charge is 0.399 e. The van der Waals surface area contributed by atoms with Crippen molar-refractivity contribution >= 4 is 28.9 Å². The lowest BCUT2D eigenvalue weighted by Gasteiger charge is -2.22. The van der Waals surface area contributed by atoms with E-state index < -0.39 is 11.8 Å². The molecule has 0 saturated carbocycles. The van der Waals surface area contributed by atoms with Crippen LogP contribution in [0.3, 0.4) is 0 Å². The van der Waals surface area contributed by atoms with Gasteiger partial charge in [-0.25, -0.2) is 0 Å². The van der Waals surface area contributed by atoms with E-state index in [2.05, 4.69) is 12.2 Å². The summed E-state index contributed by atoms with van der Waals surface area (Å²) in [5.41, 5.74) is 7.52. The molecule has 144 valence electrons. The number of hydrogen-bond donors (Lipinski definition) is 2. The van der Waals surface area contributed by atoms with Gasteiger partial charge in [0.1, 0.15) is 0 Å². The Hall–Kier alpha value is -2.86. The molecule has 3 N–H and O–H groups in total. The molecule has 0 aliphatic heterocycles. The summed E-state index contributed by atoms with van der Waals surface area (Å²) in [4.78, 5) is 26.5. The monoisotopic (exact) mass is 369 g/mol. The lowest BCUT2D eigenvalue weighted by atomic mass is 10.2. The minimum Gasteiger partial charge on any atom is -0.399 e. The molecule has 6 nitrogen and oxygen atoms in total. The van der Waals surface area contributed by atoms with Gasteiger partial charge in [0.2, 0.25) is 0 Å². The number of benzene rings is 2. The van der Waals surface area contributed by atoms with Crippen molar-refractivity contribution in [2.24, 2.45) is 0 Å². The fourth-order valence-corrected chi connectivity index (χ4v) is 2.49. The molecule has 0 unspecified atom stereocenters. The molecule has 2 aromatic rings. The Morgan fingerprint density at radius 3 is 2.26 bits per heavy atom. The number of nitrogen functional groups attached to an aromatic ring is 1. The highest BCUT2D eigenvalue weighted by atomic mass is 16.5. The predicted molar refractivity (Wildman–Crippen MR) is 108 cm³/mol. The zero-order valence-electron chi connectivity index (χ0n) is 15.7. The summed E-state index contributed by atoms with van der Waals surface area (Å²) in [6.07, 6.45) is 2.78. The van der Waals surface area contributed by atoms with E-state index in [-0.39, 0.29) is 0 Å². The van der Waals surface area contributed by atoms with Crippen molar-refractivity contribution in [2.45, 2.75) is 26.2 Å². The highest BCUT2D eigenvalue weighted by Crippen LogP contribution is 2.26. The Kier molecular flexibility index (Phi) is 8.32. The number of carbonyl (C=O) groups excluding carboxylic acids is 2. The molecule has 6 heteroatoms. The van der Waals surface area contributed by atoms with Crippen LogP contribution in [-0.4, -0.2) is 31.6 Å². The fraction of sp³-hybridized carbons (Fsp3) is 0.333. The van der Waals surface area contributed by atoms with Crippen LogP contribution in [0.25, 0.3) is 0 Å². The summed E-state index contributed by atoms with van der Waals surface area (Å²) < 4.78 is 5.46. The summed E-state index contributed by atoms with van der Waals surface area (Å²) in [5.74, 6) is -1.29. The molecule has 27 heavy (non-hydrogen) atoms. The van der Waals surface area contributed by atoms with Crippen LogP contribution >= 0.6 is 0 Å². The van der Waals surface area contributed by atoms with E-state index in [1.165, 1.54) is 4.90 Å². The molecule has 0 aromatic heterocycles. The van der Waals surface area contributed by atoms with Crippen LogP contribution in [0.1, 0.15) is 26.2 Å². The predicted octanol–water partition coefficient (Wildman–Crippen LogP) is 3.26. The number of carbonyl (C=O) groups is 2. The molecule has 2 amide bonds. The number of anilines is 3. The van der Waals surface area contributed by atoms with Crippen LogP contribution in [-0.2, 0) is 14.3 Å². The van der Waals surface area contributed by atoms with E-state index in [1.54, 1.807) is 36.4 Å². The van der Waals surface area contributed by atoms with Crippen LogP contribution < -0.4 is 16.0 Å². The first-order valence-corrected chi connectivity index (χ1v) is 9.24. The first kappa shape index (κ1) is 20.5. The van der Waals surface area contributed by atoms with Crippen molar-refractivity contribution in [3.63, 3.8) is 0 Å². The van der Waals surface area contributed by atoms with Gasteiger partial charge in [-0.2, -0.15) is 0 Å². The van der Waals surface area contributed by atoms with Gasteiger partial charge in [0.25, 0.3) is 0 Å². The van der Waals surface area contributed by atoms with Crippen molar-refractivity contribution in [1.82, 2.24) is 5.32 Å². The topological polar surface area (TPSA) is 84.7 Å². The summed E-state index contributed by atoms with van der Waals surface area (Å²) in [7, 11) is 0. The van der Waals surface area contributed by atoms with Gasteiger partial charge in [-0.1, -0.05) is 31.5 Å². The van der Waals surface area contributed by atoms with Crippen LogP contribution in [0, 0.1) is 0 Å². The number of nitrogens with one attached hydrogen (secondary N) is 1. The second-order valence-electron chi connectivity index (χ2n) is 6.14. The van der Waals surface area contributed by atoms with Gasteiger partial charge >= 0.3 is 11.8 Å². The summed E-state index contributed by atoms with van der Waals surface area (Å²) in [6.45, 7) is 3.78. The number of unbranched alkanes of at least 4 members (excludes halogenated alkanes) is 1. The minimum absolute atomic E-state index is 0.390. The molecule has 2 aromatic carbocycles. The maximum atomic E-state index is 12.8. The Morgan fingerprint density at radius 2 is 1.59 bits per heavy atom. The Morgan fingerprint density at radius 1 is 0.963 bits per heavy atom. The highest BCUT2D eigenvalue weighted by Gasteiger charge is 2.24. The van der Waals surface area contributed by atoms with E-state index >= 15 is 0 Å². The summed E-state index contributed by atoms with van der Waals surface area (Å²) >= 11 is 0. The quantitative estimate of drug-likeness (QED) is 0.404. The zero-order chi connectivity index (χ0) is 19.5. The molecule has 0 atom stereocenters. The third kappa shape index (κ3) is 6.42. The Bertz CT molecular complexity index is 717. The standard InChI is InChI=1S/C21H27N3O3/c1-2-3-15-27-16-7-14-23-20(25)21(26)24(18-8-5-4-6-9-18)19-12-10-17(22)11-13-19/h4-6,8-13H,2-3,7,14-16,22H2,1H3,(H,23,25). The van der Waals surface area contributed by atoms with Crippen LogP contribution in [0.2, 0.25) is 0 Å². The van der Waals surface area contributed by atoms with Gasteiger partial charge in [0.15, 0.2) is 0 Å². The molecule has 0 bridgehead atoms. The van der Waals surface area contributed by atoms with E-state index in [4.69, 9.17) is 10.5 Å². The molecular weight excluding hydrogens is 342 g/mol. The van der Waals surface area contributed by atoms with Crippen LogP contribution in [0.4, 0.5) is 17.1 Å². The third-order valence-corrected chi connectivity index (χ3v) is 3.96. The number of nitrogens with zero attached hydrogens (tertiary/aromatic N) is 1. The Labute approximate surface area is 160 Å². The third-order valence-electron chi connectivity index (χ3n) is 3.96. The van der Waals surface area contributed by atoms with Gasteiger partial charge in [-0.05, 0) is 49.2 Å². The molecule has 0 fully saturated rings. The summed E-state index contributed by atoms with van der Waals surface area (Å²) in [5, 5.41) is 2.67. The summed E-state index contributed by atoms with van der Waals surface area (Å²) in [6, 6.07) is 15.9. The molecule has 0 heterocycles. The van der Waals surface area contributed by atoms with Crippen molar-refractivity contribution < 1.29 is 14.3 Å². The van der Waals surface area contributed by atoms with Crippen LogP contribution in [0.15, 0.2) is 54.6 Å². The van der Waals surface area contributed by atoms with Gasteiger partial charge in [0.05, 0.1) is 0 Å². The molecule has 0 aliphatic carbocycles. The normalized spacial score (nSPS) is 10.4. The van der Waals surface area contributed by atoms with Gasteiger partial charge in [0, 0.05) is 36.8 Å². The first-order valence-electron chi connectivity index (χ1n) is 9.24. The van der Waals surface area contributed by atoms with Crippen molar-refractivity contribution in [3.05, 3.63) is 54.6 Å². The second kappa shape index (κ2) is 11.0. The fourth-order valence-electron chi connectivity index (χ4n) is 2.49. The number of rotatable bonds is 9. The number of hydrogen-bond acceptors (Lipinski definition) is 4. The highest BCUT2D eigenvalue weighted by molar-refractivity contribution is 6.42. The first-order chi connectivity index (χ1) is 13.1. The lowest BCUT2D eigenvalue weighted by Crippen LogP contribution is -2.41. The van der Waals surface area contributed by atoms with Gasteiger partial charge < -0.3 is 15.8 Å². The van der Waals surface area contributed by atoms with E-state index in [0.717, 1.165) is 19.4 Å². The lowest BCUT2D eigenvalue weighted by molar-refractivity contribution is -0.137. The Balaban J connectivity index is 1.99. The van der Waals surface area contributed by atoms with Crippen molar-refractivity contribution in [1.29, 1.82) is 0 Å². The maximum Gasteiger partial charge on any atom is 0.320 e. The van der Waals surface area contributed by atoms with E-state index in [0.29, 0.717) is 36.6 Å². The number of nitrogens with two attached hydrogens (primary N) is 1. The van der Waals surface area contributed by atoms with Gasteiger partial charge in [-0.15, -0.1) is 0 Å². The molecule has 2 rings (SSSR count). The van der Waals surface area contributed by atoms with Crippen molar-refractivity contribution in [2.75, 3.05) is 30.4 Å². The van der Waals surface area contributed by atoms with Crippen LogP contribution in [0.5, 0.6) is 0 Å². The number of para-hydroxylation sites is 1. The van der Waals surface area contributed by atoms with Gasteiger partial charge in [-0.3, -0.25) is 14.5 Å². The average molecular weight is 369 g/mol. The van der Waals surface area contributed by atoms with E-state index in [9.17, 15) is 9.59 Å². The maximum absolute atomic E-state index is 12.8. The van der Waals surface area contributed by atoms with Crippen molar-refractivity contribution in [3.8, 4) is 0 Å². The zero-order valence-corrected chi connectivity index (χ0v) is 15.7. The smallest absolute Gasteiger partial charge is 0.320 e. The van der Waals surface area contributed by atoms with E-state index in [1.807, 2.05) is 18.2 Å². The molecule has 0 spiro atoms. The molecule has 0 radical (unpaired) electrons. The molecule has 0 aliphatic rings. The number of ether oxygens (including phenoxy) is 1. The minimum atomic E-state index is -0.649.